The quantitative estimate of drug-likeness (QED) is 0.640. The number of rotatable bonds is 6. The molecule has 1 rings (SSSR count). The molecule has 0 atom stereocenters. The van der Waals surface area contributed by atoms with Crippen LogP contribution in [0, 0.1) is 5.92 Å². The van der Waals surface area contributed by atoms with Crippen LogP contribution in [0.25, 0.3) is 0 Å². The zero-order valence-corrected chi connectivity index (χ0v) is 11.0. The molecule has 0 heterocycles. The molecule has 3 nitrogen and oxygen atoms in total. The molecule has 108 valence electrons. The van der Waals surface area contributed by atoms with E-state index in [0.717, 1.165) is 6.07 Å². The van der Waals surface area contributed by atoms with Gasteiger partial charge in [-0.3, -0.25) is 0 Å². The van der Waals surface area contributed by atoms with Crippen LogP contribution in [0.2, 0.25) is 0 Å². The molecular formula is C13H18F3NO2. The Morgan fingerprint density at radius 1 is 1.21 bits per heavy atom. The third-order valence-electron chi connectivity index (χ3n) is 2.28. The molecule has 0 fully saturated rings. The highest BCUT2D eigenvalue weighted by molar-refractivity contribution is 5.51. The van der Waals surface area contributed by atoms with Crippen molar-refractivity contribution in [1.29, 1.82) is 0 Å². The van der Waals surface area contributed by atoms with Crippen molar-refractivity contribution in [3.63, 3.8) is 0 Å². The van der Waals surface area contributed by atoms with Gasteiger partial charge in [-0.2, -0.15) is 13.2 Å². The van der Waals surface area contributed by atoms with Crippen molar-refractivity contribution in [1.82, 2.24) is 0 Å². The van der Waals surface area contributed by atoms with Crippen molar-refractivity contribution in [2.45, 2.75) is 20.0 Å². The number of benzene rings is 1. The first-order chi connectivity index (χ1) is 8.80. The normalized spacial score (nSPS) is 11.9. The summed E-state index contributed by atoms with van der Waals surface area (Å²) < 4.78 is 48.3. The van der Waals surface area contributed by atoms with Crippen LogP contribution in [0.15, 0.2) is 18.2 Å². The van der Waals surface area contributed by atoms with Gasteiger partial charge < -0.3 is 15.2 Å². The monoisotopic (exact) mass is 277 g/mol. The third-order valence-corrected chi connectivity index (χ3v) is 2.28. The Hall–Kier alpha value is -1.43. The average molecular weight is 277 g/mol. The second-order valence-electron chi connectivity index (χ2n) is 4.56. The minimum Gasteiger partial charge on any atom is -0.491 e. The summed E-state index contributed by atoms with van der Waals surface area (Å²) in [6.45, 7) is 5.16. The molecule has 2 N–H and O–H groups in total. The number of hydrogen-bond donors (Lipinski definition) is 1. The number of alkyl halides is 3. The Morgan fingerprint density at radius 2 is 1.89 bits per heavy atom. The van der Waals surface area contributed by atoms with Gasteiger partial charge in [0.05, 0.1) is 12.2 Å². The van der Waals surface area contributed by atoms with E-state index in [1.54, 1.807) is 0 Å². The van der Waals surface area contributed by atoms with E-state index >= 15 is 0 Å². The largest absolute Gasteiger partial charge is 0.491 e. The van der Waals surface area contributed by atoms with Crippen molar-refractivity contribution < 1.29 is 22.6 Å². The van der Waals surface area contributed by atoms with E-state index in [1.165, 1.54) is 12.1 Å². The summed E-state index contributed by atoms with van der Waals surface area (Å²) in [5.41, 5.74) is 4.09. The summed E-state index contributed by atoms with van der Waals surface area (Å²) >= 11 is 0. The summed E-state index contributed by atoms with van der Waals surface area (Å²) in [4.78, 5) is 0. The first-order valence-corrected chi connectivity index (χ1v) is 5.98. The molecule has 0 aromatic heterocycles. The van der Waals surface area contributed by atoms with Crippen LogP contribution in [0.3, 0.4) is 0 Å². The number of nitrogen functional groups attached to an aromatic ring is 1. The fourth-order valence-corrected chi connectivity index (χ4v) is 1.41. The molecule has 0 radical (unpaired) electrons. The summed E-state index contributed by atoms with van der Waals surface area (Å²) in [6, 6.07) is 3.50. The lowest BCUT2D eigenvalue weighted by Crippen LogP contribution is -2.12. The van der Waals surface area contributed by atoms with Crippen molar-refractivity contribution in [2.75, 3.05) is 25.6 Å². The van der Waals surface area contributed by atoms with E-state index in [4.69, 9.17) is 15.2 Å². The molecule has 1 aromatic rings. The van der Waals surface area contributed by atoms with Crippen LogP contribution >= 0.6 is 0 Å². The smallest absolute Gasteiger partial charge is 0.418 e. The van der Waals surface area contributed by atoms with Gasteiger partial charge in [-0.25, -0.2) is 0 Å². The van der Waals surface area contributed by atoms with Gasteiger partial charge in [-0.1, -0.05) is 13.8 Å². The van der Waals surface area contributed by atoms with E-state index in [2.05, 4.69) is 0 Å². The van der Waals surface area contributed by atoms with Crippen LogP contribution in [-0.2, 0) is 10.9 Å². The number of hydrogen-bond acceptors (Lipinski definition) is 3. The number of anilines is 1. The highest BCUT2D eigenvalue weighted by atomic mass is 19.4. The zero-order chi connectivity index (χ0) is 14.5. The Labute approximate surface area is 110 Å². The summed E-state index contributed by atoms with van der Waals surface area (Å²) in [5.74, 6) is 0.544. The molecule has 0 saturated heterocycles. The molecule has 0 aliphatic heterocycles. The molecular weight excluding hydrogens is 259 g/mol. The molecule has 0 aliphatic rings. The molecule has 6 heteroatoms. The number of halogens is 3. The molecule has 1 aromatic carbocycles. The van der Waals surface area contributed by atoms with E-state index in [1.807, 2.05) is 13.8 Å². The van der Waals surface area contributed by atoms with E-state index < -0.39 is 11.7 Å². The lowest BCUT2D eigenvalue weighted by atomic mass is 10.1. The molecule has 19 heavy (non-hydrogen) atoms. The fraction of sp³-hybridized carbons (Fsp3) is 0.538. The van der Waals surface area contributed by atoms with E-state index in [9.17, 15) is 13.2 Å². The molecule has 0 amide bonds. The standard InChI is InChI=1S/C13H18F3NO2/c1-9(2)8-18-5-6-19-10-3-4-12(17)11(7-10)13(14,15)16/h3-4,7,9H,5-6,8,17H2,1-2H3. The second kappa shape index (κ2) is 6.65. The van der Waals surface area contributed by atoms with Crippen molar-refractivity contribution >= 4 is 5.69 Å². The minimum absolute atomic E-state index is 0.134. The van der Waals surface area contributed by atoms with Gasteiger partial charge in [0.15, 0.2) is 0 Å². The SMILES string of the molecule is CC(C)COCCOc1ccc(N)c(C(F)(F)F)c1. The van der Waals surface area contributed by atoms with Crippen LogP contribution in [0.4, 0.5) is 18.9 Å². The summed E-state index contributed by atoms with van der Waals surface area (Å²) in [6.07, 6.45) is -4.47. The molecule has 0 saturated carbocycles. The molecule has 0 aliphatic carbocycles. The Kier molecular flexibility index (Phi) is 5.47. The van der Waals surface area contributed by atoms with Gasteiger partial charge in [0.25, 0.3) is 0 Å². The number of ether oxygens (including phenoxy) is 2. The van der Waals surface area contributed by atoms with Crippen molar-refractivity contribution in [3.8, 4) is 5.75 Å². The van der Waals surface area contributed by atoms with E-state index in [0.29, 0.717) is 19.1 Å². The topological polar surface area (TPSA) is 44.5 Å². The van der Waals surface area contributed by atoms with Crippen LogP contribution in [0.5, 0.6) is 5.75 Å². The first kappa shape index (κ1) is 15.6. The van der Waals surface area contributed by atoms with Crippen LogP contribution < -0.4 is 10.5 Å². The maximum Gasteiger partial charge on any atom is 0.418 e. The van der Waals surface area contributed by atoms with Crippen molar-refractivity contribution in [3.05, 3.63) is 23.8 Å². The van der Waals surface area contributed by atoms with Gasteiger partial charge in [0.1, 0.15) is 12.4 Å². The Balaban J connectivity index is 2.51. The second-order valence-corrected chi connectivity index (χ2v) is 4.56. The van der Waals surface area contributed by atoms with Gasteiger partial charge in [0.2, 0.25) is 0 Å². The van der Waals surface area contributed by atoms with Gasteiger partial charge >= 0.3 is 6.18 Å². The Morgan fingerprint density at radius 3 is 2.47 bits per heavy atom. The van der Waals surface area contributed by atoms with Crippen LogP contribution in [0.1, 0.15) is 19.4 Å². The highest BCUT2D eigenvalue weighted by Crippen LogP contribution is 2.35. The predicted molar refractivity (Wildman–Crippen MR) is 67.0 cm³/mol. The molecule has 0 unspecified atom stereocenters. The lowest BCUT2D eigenvalue weighted by molar-refractivity contribution is -0.137. The maximum atomic E-state index is 12.6. The van der Waals surface area contributed by atoms with Gasteiger partial charge in [-0.15, -0.1) is 0 Å². The average Bonchev–Trinajstić information content (AvgIpc) is 2.28. The Bertz CT molecular complexity index is 405. The number of nitrogens with two attached hydrogens (primary N) is 1. The van der Waals surface area contributed by atoms with E-state index in [-0.39, 0.29) is 18.0 Å². The predicted octanol–water partition coefficient (Wildman–Crippen LogP) is 3.34. The first-order valence-electron chi connectivity index (χ1n) is 5.98. The zero-order valence-electron chi connectivity index (χ0n) is 11.0. The third kappa shape index (κ3) is 5.38. The minimum atomic E-state index is -4.47. The maximum absolute atomic E-state index is 12.6. The highest BCUT2D eigenvalue weighted by Gasteiger charge is 2.33. The lowest BCUT2D eigenvalue weighted by Gasteiger charge is -2.13. The van der Waals surface area contributed by atoms with Crippen molar-refractivity contribution in [2.24, 2.45) is 5.92 Å². The van der Waals surface area contributed by atoms with Gasteiger partial charge in [-0.05, 0) is 24.1 Å². The summed E-state index contributed by atoms with van der Waals surface area (Å²) in [5, 5.41) is 0. The summed E-state index contributed by atoms with van der Waals surface area (Å²) in [7, 11) is 0. The van der Waals surface area contributed by atoms with Crippen LogP contribution in [-0.4, -0.2) is 19.8 Å². The molecule has 0 spiro atoms. The van der Waals surface area contributed by atoms with Gasteiger partial charge in [0, 0.05) is 12.3 Å². The molecule has 0 bridgehead atoms. The fourth-order valence-electron chi connectivity index (χ4n) is 1.41.